The molecule has 0 radical (unpaired) electrons. The second-order valence-corrected chi connectivity index (χ2v) is 5.30. The van der Waals surface area contributed by atoms with Crippen molar-refractivity contribution in [2.24, 2.45) is 0 Å². The van der Waals surface area contributed by atoms with Crippen LogP contribution in [0.3, 0.4) is 0 Å². The van der Waals surface area contributed by atoms with Crippen molar-refractivity contribution in [3.05, 3.63) is 89.5 Å². The zero-order valence-corrected chi connectivity index (χ0v) is 18.8. The van der Waals surface area contributed by atoms with E-state index < -0.39 is 23.4 Å². The fraction of sp³-hybridized carbons (Fsp3) is 0.0500. The number of halogens is 2. The summed E-state index contributed by atoms with van der Waals surface area (Å²) >= 11 is 0. The van der Waals surface area contributed by atoms with Crippen molar-refractivity contribution < 1.29 is 76.5 Å². The van der Waals surface area contributed by atoms with Gasteiger partial charge in [0.05, 0.1) is 17.1 Å². The predicted octanol–water partition coefficient (Wildman–Crippen LogP) is 1.96. The number of hydrogen-bond acceptors (Lipinski definition) is 2. The molecule has 0 saturated heterocycles. The number of esters is 1. The zero-order chi connectivity index (χ0) is 17.1. The molecule has 0 bridgehead atoms. The van der Waals surface area contributed by atoms with E-state index >= 15 is 0 Å². The number of hydrogen-bond donors (Lipinski definition) is 0. The Balaban J connectivity index is 0.00000225. The van der Waals surface area contributed by atoms with Crippen LogP contribution in [0.2, 0.25) is 0 Å². The minimum absolute atomic E-state index is 0. The Labute approximate surface area is 193 Å². The van der Waals surface area contributed by atoms with Gasteiger partial charge < -0.3 is 4.74 Å². The van der Waals surface area contributed by atoms with Crippen molar-refractivity contribution in [1.82, 2.24) is 0 Å². The van der Waals surface area contributed by atoms with Gasteiger partial charge in [-0.3, -0.25) is 4.39 Å². The van der Waals surface area contributed by atoms with Crippen LogP contribution in [0.15, 0.2) is 60.7 Å². The molecule has 3 aromatic rings. The van der Waals surface area contributed by atoms with Gasteiger partial charge in [-0.25, -0.2) is 9.18 Å². The molecule has 0 heterocycles. The minimum atomic E-state index is -1.23. The number of aryl methyl sites for hydroxylation is 1. The van der Waals surface area contributed by atoms with Crippen LogP contribution >= 0.6 is 0 Å². The van der Waals surface area contributed by atoms with E-state index in [2.05, 4.69) is 0 Å². The first kappa shape index (κ1) is 20.1. The van der Waals surface area contributed by atoms with Crippen LogP contribution in [-0.2, 0) is 0 Å². The SMILES string of the molecule is Cc1ccc(-c2ccc(C(=O)Oc3cc[c-]c(F)c3F)cc2)cc1.[Rb+]. The molecular formula is C20H13F2O2Rb. The summed E-state index contributed by atoms with van der Waals surface area (Å²) in [5, 5.41) is 0. The maximum atomic E-state index is 13.5. The summed E-state index contributed by atoms with van der Waals surface area (Å²) in [4.78, 5) is 12.0. The van der Waals surface area contributed by atoms with E-state index in [-0.39, 0.29) is 63.8 Å². The fourth-order valence-electron chi connectivity index (χ4n) is 2.22. The van der Waals surface area contributed by atoms with Crippen molar-refractivity contribution in [2.45, 2.75) is 6.92 Å². The molecule has 2 nitrogen and oxygen atoms in total. The molecule has 0 atom stereocenters. The summed E-state index contributed by atoms with van der Waals surface area (Å²) < 4.78 is 31.5. The first-order chi connectivity index (χ1) is 11.5. The predicted molar refractivity (Wildman–Crippen MR) is 86.8 cm³/mol. The summed E-state index contributed by atoms with van der Waals surface area (Å²) in [6, 6.07) is 19.0. The Hall–Kier alpha value is -1.20. The van der Waals surface area contributed by atoms with Gasteiger partial charge in [-0.2, -0.15) is 6.07 Å². The Kier molecular flexibility index (Phi) is 7.19. The van der Waals surface area contributed by atoms with E-state index in [1.165, 1.54) is 0 Å². The molecule has 3 aromatic carbocycles. The van der Waals surface area contributed by atoms with Gasteiger partial charge in [-0.05, 0) is 30.2 Å². The van der Waals surface area contributed by atoms with Gasteiger partial charge in [-0.1, -0.05) is 42.0 Å². The molecule has 0 saturated carbocycles. The van der Waals surface area contributed by atoms with E-state index in [0.29, 0.717) is 0 Å². The molecular weight excluding hydrogens is 396 g/mol. The van der Waals surface area contributed by atoms with Crippen molar-refractivity contribution in [3.63, 3.8) is 0 Å². The second kappa shape index (κ2) is 8.94. The molecule has 0 fully saturated rings. The molecule has 0 spiro atoms. The van der Waals surface area contributed by atoms with Crippen molar-refractivity contribution in [1.29, 1.82) is 0 Å². The van der Waals surface area contributed by atoms with Crippen LogP contribution in [0.5, 0.6) is 5.75 Å². The fourth-order valence-corrected chi connectivity index (χ4v) is 2.22. The normalized spacial score (nSPS) is 10.0. The van der Waals surface area contributed by atoms with Gasteiger partial charge in [0, 0.05) is 5.82 Å². The number of ether oxygens (including phenoxy) is 1. The van der Waals surface area contributed by atoms with Crippen LogP contribution in [0, 0.1) is 24.6 Å². The van der Waals surface area contributed by atoms with Gasteiger partial charge in [0.2, 0.25) is 0 Å². The monoisotopic (exact) mass is 408 g/mol. The number of rotatable bonds is 3. The summed E-state index contributed by atoms with van der Waals surface area (Å²) in [5.41, 5.74) is 3.37. The van der Waals surface area contributed by atoms with Gasteiger partial charge >= 0.3 is 64.2 Å². The minimum Gasteiger partial charge on any atom is -0.447 e. The van der Waals surface area contributed by atoms with Crippen molar-refractivity contribution in [2.75, 3.05) is 0 Å². The molecule has 25 heavy (non-hydrogen) atoms. The molecule has 0 amide bonds. The van der Waals surface area contributed by atoms with Crippen LogP contribution in [0.1, 0.15) is 15.9 Å². The standard InChI is InChI=1S/C20H13F2O2.Rb/c1-13-5-7-14(8-6-13)15-9-11-16(12-10-15)20(23)24-18-4-2-3-17(21)19(18)22;/h2,4-12H,1H3;/q-1;+1. The Morgan fingerprint density at radius 1 is 0.920 bits per heavy atom. The average Bonchev–Trinajstić information content (AvgIpc) is 2.60. The summed E-state index contributed by atoms with van der Waals surface area (Å²) in [5.74, 6) is -3.63. The molecule has 3 rings (SSSR count). The first-order valence-corrected chi connectivity index (χ1v) is 7.29. The third kappa shape index (κ3) is 4.91. The van der Waals surface area contributed by atoms with Crippen molar-refractivity contribution >= 4 is 5.97 Å². The summed E-state index contributed by atoms with van der Waals surface area (Å²) in [6.45, 7) is 2.01. The van der Waals surface area contributed by atoms with E-state index in [9.17, 15) is 13.6 Å². The summed E-state index contributed by atoms with van der Waals surface area (Å²) in [6.07, 6.45) is 0. The Bertz CT molecular complexity index is 875. The zero-order valence-electron chi connectivity index (χ0n) is 13.8. The molecule has 0 aliphatic rings. The van der Waals surface area contributed by atoms with Crippen LogP contribution < -0.4 is 62.9 Å². The molecule has 0 aromatic heterocycles. The van der Waals surface area contributed by atoms with Crippen molar-refractivity contribution in [3.8, 4) is 16.9 Å². The maximum absolute atomic E-state index is 13.5. The number of carbonyl (C=O) groups excluding carboxylic acids is 1. The molecule has 0 unspecified atom stereocenters. The second-order valence-electron chi connectivity index (χ2n) is 5.30. The van der Waals surface area contributed by atoms with Gasteiger partial charge in [-0.15, -0.1) is 12.1 Å². The van der Waals surface area contributed by atoms with Crippen LogP contribution in [0.25, 0.3) is 11.1 Å². The first-order valence-electron chi connectivity index (χ1n) is 7.29. The van der Waals surface area contributed by atoms with E-state index in [4.69, 9.17) is 4.74 Å². The summed E-state index contributed by atoms with van der Waals surface area (Å²) in [7, 11) is 0. The molecule has 0 aliphatic heterocycles. The van der Waals surface area contributed by atoms with E-state index in [1.54, 1.807) is 24.3 Å². The smallest absolute Gasteiger partial charge is 0.447 e. The van der Waals surface area contributed by atoms with E-state index in [0.717, 1.165) is 28.8 Å². The number of benzene rings is 3. The molecule has 0 N–H and O–H groups in total. The third-order valence-electron chi connectivity index (χ3n) is 3.56. The van der Waals surface area contributed by atoms with Crippen LogP contribution in [0.4, 0.5) is 8.78 Å². The quantitative estimate of drug-likeness (QED) is 0.376. The Morgan fingerprint density at radius 2 is 1.48 bits per heavy atom. The Morgan fingerprint density at radius 3 is 2.08 bits per heavy atom. The third-order valence-corrected chi connectivity index (χ3v) is 3.56. The van der Waals surface area contributed by atoms with Gasteiger partial charge in [0.15, 0.2) is 0 Å². The van der Waals surface area contributed by atoms with Crippen LogP contribution in [-0.4, -0.2) is 5.97 Å². The average molecular weight is 409 g/mol. The largest absolute Gasteiger partial charge is 1.00 e. The van der Waals surface area contributed by atoms with E-state index in [1.807, 2.05) is 37.3 Å². The topological polar surface area (TPSA) is 26.3 Å². The maximum Gasteiger partial charge on any atom is 1.00 e. The molecule has 0 aliphatic carbocycles. The van der Waals surface area contributed by atoms with Gasteiger partial charge in [0.1, 0.15) is 0 Å². The number of carbonyl (C=O) groups is 1. The van der Waals surface area contributed by atoms with Gasteiger partial charge in [0.25, 0.3) is 0 Å². The molecule has 5 heteroatoms. The molecule has 120 valence electrons.